The van der Waals surface area contributed by atoms with Crippen molar-refractivity contribution in [1.82, 2.24) is 4.57 Å². The highest BCUT2D eigenvalue weighted by atomic mass is 32.1. The van der Waals surface area contributed by atoms with Crippen LogP contribution in [-0.2, 0) is 0 Å². The molecule has 0 aliphatic heterocycles. The normalized spacial score (nSPS) is 10.5. The molecule has 0 saturated carbocycles. The topological polar surface area (TPSA) is 4.93 Å². The van der Waals surface area contributed by atoms with E-state index in [0.29, 0.717) is 0 Å². The summed E-state index contributed by atoms with van der Waals surface area (Å²) in [5.41, 5.74) is 0. The molecule has 0 spiro atoms. The third kappa shape index (κ3) is 1.54. The van der Waals surface area contributed by atoms with Gasteiger partial charge < -0.3 is 4.57 Å². The maximum atomic E-state index is 5.03. The van der Waals surface area contributed by atoms with Crippen LogP contribution in [0.25, 0.3) is 6.20 Å². The van der Waals surface area contributed by atoms with Crippen molar-refractivity contribution in [3.8, 4) is 0 Å². The van der Waals surface area contributed by atoms with E-state index in [0.717, 1.165) is 4.64 Å². The summed E-state index contributed by atoms with van der Waals surface area (Å²) >= 11 is 5.03. The van der Waals surface area contributed by atoms with E-state index in [1.807, 2.05) is 48.2 Å². The SMILES string of the molecule is CC=Cn1ccccc1=S. The van der Waals surface area contributed by atoms with Gasteiger partial charge in [-0.05, 0) is 19.1 Å². The molecular weight excluding hydrogens is 142 g/mol. The fourth-order valence-electron chi connectivity index (χ4n) is 0.724. The van der Waals surface area contributed by atoms with Crippen molar-refractivity contribution in [3.05, 3.63) is 35.1 Å². The lowest BCUT2D eigenvalue weighted by Gasteiger charge is -1.95. The highest BCUT2D eigenvalue weighted by Crippen LogP contribution is 1.93. The van der Waals surface area contributed by atoms with Crippen LogP contribution in [0.1, 0.15) is 6.92 Å². The van der Waals surface area contributed by atoms with Gasteiger partial charge in [0.25, 0.3) is 0 Å². The Morgan fingerprint density at radius 2 is 2.30 bits per heavy atom. The highest BCUT2D eigenvalue weighted by molar-refractivity contribution is 7.71. The van der Waals surface area contributed by atoms with Gasteiger partial charge in [0, 0.05) is 12.4 Å². The molecule has 0 atom stereocenters. The molecule has 0 aliphatic rings. The van der Waals surface area contributed by atoms with Crippen molar-refractivity contribution >= 4 is 18.4 Å². The molecule has 1 nitrogen and oxygen atoms in total. The summed E-state index contributed by atoms with van der Waals surface area (Å²) in [7, 11) is 0. The molecule has 0 aliphatic carbocycles. The average molecular weight is 151 g/mol. The van der Waals surface area contributed by atoms with Crippen LogP contribution in [0.15, 0.2) is 30.5 Å². The van der Waals surface area contributed by atoms with Gasteiger partial charge in [0.2, 0.25) is 0 Å². The summed E-state index contributed by atoms with van der Waals surface area (Å²) in [6.45, 7) is 1.97. The first-order valence-electron chi connectivity index (χ1n) is 3.14. The molecule has 0 unspecified atom stereocenters. The standard InChI is InChI=1S/C8H9NS/c1-2-6-9-7-4-3-5-8(9)10/h2-7H,1H3. The van der Waals surface area contributed by atoms with Gasteiger partial charge in [-0.2, -0.15) is 0 Å². The highest BCUT2D eigenvalue weighted by Gasteiger charge is 1.79. The van der Waals surface area contributed by atoms with Crippen molar-refractivity contribution in [3.63, 3.8) is 0 Å². The molecule has 0 bridgehead atoms. The van der Waals surface area contributed by atoms with Gasteiger partial charge in [-0.25, -0.2) is 0 Å². The minimum atomic E-state index is 0.834. The van der Waals surface area contributed by atoms with Crippen molar-refractivity contribution in [2.45, 2.75) is 6.92 Å². The van der Waals surface area contributed by atoms with Crippen LogP contribution in [-0.4, -0.2) is 4.57 Å². The predicted octanol–water partition coefficient (Wildman–Crippen LogP) is 2.71. The Kier molecular flexibility index (Phi) is 2.40. The number of rotatable bonds is 1. The maximum Gasteiger partial charge on any atom is 0.109 e. The number of pyridine rings is 1. The molecule has 1 aromatic rings. The van der Waals surface area contributed by atoms with Gasteiger partial charge >= 0.3 is 0 Å². The molecule has 0 fully saturated rings. The van der Waals surface area contributed by atoms with Crippen molar-refractivity contribution in [1.29, 1.82) is 0 Å². The molecule has 1 heterocycles. The van der Waals surface area contributed by atoms with Crippen molar-refractivity contribution in [2.75, 3.05) is 0 Å². The Morgan fingerprint density at radius 1 is 1.50 bits per heavy atom. The number of allylic oxidation sites excluding steroid dienone is 1. The van der Waals surface area contributed by atoms with Gasteiger partial charge in [-0.1, -0.05) is 24.4 Å². The third-order valence-corrected chi connectivity index (χ3v) is 1.51. The Labute approximate surface area is 65.6 Å². The van der Waals surface area contributed by atoms with E-state index in [-0.39, 0.29) is 0 Å². The quantitative estimate of drug-likeness (QED) is 0.559. The Morgan fingerprint density at radius 3 is 2.90 bits per heavy atom. The maximum absolute atomic E-state index is 5.03. The molecule has 0 N–H and O–H groups in total. The second kappa shape index (κ2) is 3.32. The van der Waals surface area contributed by atoms with E-state index in [4.69, 9.17) is 12.2 Å². The van der Waals surface area contributed by atoms with Crippen molar-refractivity contribution < 1.29 is 0 Å². The summed E-state index contributed by atoms with van der Waals surface area (Å²) in [4.78, 5) is 0. The molecule has 2 heteroatoms. The van der Waals surface area contributed by atoms with Gasteiger partial charge in [0.15, 0.2) is 0 Å². The molecule has 0 saturated heterocycles. The first-order chi connectivity index (χ1) is 4.84. The van der Waals surface area contributed by atoms with E-state index >= 15 is 0 Å². The van der Waals surface area contributed by atoms with E-state index in [9.17, 15) is 0 Å². The van der Waals surface area contributed by atoms with Crippen LogP contribution < -0.4 is 0 Å². The van der Waals surface area contributed by atoms with Crippen LogP contribution in [0.3, 0.4) is 0 Å². The van der Waals surface area contributed by atoms with Gasteiger partial charge in [-0.15, -0.1) is 0 Å². The fourth-order valence-corrected chi connectivity index (χ4v) is 0.924. The summed E-state index contributed by atoms with van der Waals surface area (Å²) in [5, 5.41) is 0. The lowest BCUT2D eigenvalue weighted by atomic mass is 10.5. The Bertz CT molecular complexity index is 285. The lowest BCUT2D eigenvalue weighted by Crippen LogP contribution is -1.85. The zero-order valence-corrected chi connectivity index (χ0v) is 6.64. The minimum Gasteiger partial charge on any atom is -0.315 e. The number of hydrogen-bond donors (Lipinski definition) is 0. The second-order valence-electron chi connectivity index (χ2n) is 1.93. The van der Waals surface area contributed by atoms with Gasteiger partial charge in [-0.3, -0.25) is 0 Å². The fraction of sp³-hybridized carbons (Fsp3) is 0.125. The van der Waals surface area contributed by atoms with Crippen molar-refractivity contribution in [2.24, 2.45) is 0 Å². The predicted molar refractivity (Wildman–Crippen MR) is 46.3 cm³/mol. The van der Waals surface area contributed by atoms with Crippen LogP contribution >= 0.6 is 12.2 Å². The van der Waals surface area contributed by atoms with Crippen LogP contribution in [0.2, 0.25) is 0 Å². The molecule has 52 valence electrons. The molecule has 1 rings (SSSR count). The summed E-state index contributed by atoms with van der Waals surface area (Å²) in [5.74, 6) is 0. The number of hydrogen-bond acceptors (Lipinski definition) is 1. The Balaban J connectivity index is 3.16. The van der Waals surface area contributed by atoms with Gasteiger partial charge in [0.1, 0.15) is 4.64 Å². The average Bonchev–Trinajstić information content (AvgIpc) is 1.94. The molecule has 0 aromatic carbocycles. The van der Waals surface area contributed by atoms with E-state index in [1.165, 1.54) is 0 Å². The molecule has 1 aromatic heterocycles. The van der Waals surface area contributed by atoms with Gasteiger partial charge in [0.05, 0.1) is 0 Å². The largest absolute Gasteiger partial charge is 0.315 e. The summed E-state index contributed by atoms with van der Waals surface area (Å²) in [6.07, 6.45) is 5.82. The first-order valence-corrected chi connectivity index (χ1v) is 3.55. The lowest BCUT2D eigenvalue weighted by molar-refractivity contribution is 1.10. The van der Waals surface area contributed by atoms with Crippen LogP contribution in [0.5, 0.6) is 0 Å². The van der Waals surface area contributed by atoms with E-state index in [2.05, 4.69) is 0 Å². The molecular formula is C8H9NS. The van der Waals surface area contributed by atoms with E-state index in [1.54, 1.807) is 0 Å². The van der Waals surface area contributed by atoms with E-state index < -0.39 is 0 Å². The molecule has 0 radical (unpaired) electrons. The minimum absolute atomic E-state index is 0.834. The zero-order valence-electron chi connectivity index (χ0n) is 5.82. The zero-order chi connectivity index (χ0) is 7.40. The first kappa shape index (κ1) is 7.22. The van der Waals surface area contributed by atoms with Crippen LogP contribution in [0, 0.1) is 4.64 Å². The number of nitrogens with zero attached hydrogens (tertiary/aromatic N) is 1. The monoisotopic (exact) mass is 151 g/mol. The molecule has 10 heavy (non-hydrogen) atoms. The number of aromatic nitrogens is 1. The summed E-state index contributed by atoms with van der Waals surface area (Å²) in [6, 6.07) is 5.79. The van der Waals surface area contributed by atoms with Crippen LogP contribution in [0.4, 0.5) is 0 Å². The molecule has 0 amide bonds. The smallest absolute Gasteiger partial charge is 0.109 e. The Hall–Kier alpha value is -0.890. The summed E-state index contributed by atoms with van der Waals surface area (Å²) < 4.78 is 2.73. The third-order valence-electron chi connectivity index (χ3n) is 1.16. The second-order valence-corrected chi connectivity index (χ2v) is 2.35.